The van der Waals surface area contributed by atoms with Crippen LogP contribution in [-0.4, -0.2) is 63.3 Å². The number of carbonyl (C=O) groups is 1. The molecule has 156 valence electrons. The molecule has 7 nitrogen and oxygen atoms in total. The molecule has 2 fully saturated rings. The summed E-state index contributed by atoms with van der Waals surface area (Å²) >= 11 is 0. The molecular formula is C20H30FN3O4. The molecule has 3 rings (SSSR count). The van der Waals surface area contributed by atoms with Crippen LogP contribution in [0.2, 0.25) is 0 Å². The average molecular weight is 395 g/mol. The first kappa shape index (κ1) is 20.8. The van der Waals surface area contributed by atoms with Crippen molar-refractivity contribution < 1.29 is 23.4 Å². The molecule has 1 atom stereocenters. The van der Waals surface area contributed by atoms with E-state index in [1.165, 1.54) is 12.8 Å². The van der Waals surface area contributed by atoms with Gasteiger partial charge in [-0.25, -0.2) is 9.37 Å². The first-order valence-electron chi connectivity index (χ1n) is 9.88. The Bertz CT molecular complexity index is 663. The van der Waals surface area contributed by atoms with Gasteiger partial charge in [0.1, 0.15) is 11.4 Å². The first-order valence-corrected chi connectivity index (χ1v) is 9.88. The standard InChI is InChI=1S/C20H30FN3O4/c1-13(2)17(11-27-12-21)22-19(25)16-6-7-18(24-8-15(9-24)26-3)20(23-16)28-10-14-4-5-14/h6-7,13-15,17H,4-5,8-12H2,1-3H3,(H,22,25)/t17-/m1/s1. The maximum atomic E-state index is 12.7. The van der Waals surface area contributed by atoms with Crippen molar-refractivity contribution in [2.24, 2.45) is 11.8 Å². The summed E-state index contributed by atoms with van der Waals surface area (Å²) in [5.74, 6) is 0.850. The summed E-state index contributed by atoms with van der Waals surface area (Å²) in [7, 11) is 1.70. The number of pyridine rings is 1. The van der Waals surface area contributed by atoms with E-state index in [2.05, 4.69) is 15.2 Å². The highest BCUT2D eigenvalue weighted by molar-refractivity contribution is 5.93. The van der Waals surface area contributed by atoms with Gasteiger partial charge < -0.3 is 24.4 Å². The van der Waals surface area contributed by atoms with Gasteiger partial charge in [0.15, 0.2) is 6.86 Å². The highest BCUT2D eigenvalue weighted by atomic mass is 19.1. The van der Waals surface area contributed by atoms with Crippen LogP contribution in [0, 0.1) is 11.8 Å². The van der Waals surface area contributed by atoms with Crippen LogP contribution in [0.15, 0.2) is 12.1 Å². The maximum absolute atomic E-state index is 12.7. The van der Waals surface area contributed by atoms with Gasteiger partial charge in [-0.2, -0.15) is 0 Å². The molecule has 1 saturated heterocycles. The van der Waals surface area contributed by atoms with Crippen LogP contribution in [0.3, 0.4) is 0 Å². The Balaban J connectivity index is 1.71. The quantitative estimate of drug-likeness (QED) is 0.620. The molecule has 0 spiro atoms. The fraction of sp³-hybridized carbons (Fsp3) is 0.700. The first-order chi connectivity index (χ1) is 13.5. The minimum atomic E-state index is -0.872. The minimum Gasteiger partial charge on any atom is -0.476 e. The van der Waals surface area contributed by atoms with Crippen molar-refractivity contribution in [2.75, 3.05) is 45.2 Å². The van der Waals surface area contributed by atoms with Gasteiger partial charge in [0.05, 0.1) is 25.4 Å². The molecule has 0 radical (unpaired) electrons. The zero-order chi connectivity index (χ0) is 20.1. The number of rotatable bonds is 11. The molecule has 1 saturated carbocycles. The number of alkyl halides is 1. The Morgan fingerprint density at radius 1 is 1.36 bits per heavy atom. The molecule has 1 aliphatic heterocycles. The van der Waals surface area contributed by atoms with Gasteiger partial charge in [0.25, 0.3) is 5.91 Å². The Hall–Kier alpha value is -1.93. The lowest BCUT2D eigenvalue weighted by Gasteiger charge is -2.40. The summed E-state index contributed by atoms with van der Waals surface area (Å²) in [6, 6.07) is 3.28. The van der Waals surface area contributed by atoms with Gasteiger partial charge in [-0.15, -0.1) is 0 Å². The Morgan fingerprint density at radius 2 is 2.11 bits per heavy atom. The number of hydrogen-bond acceptors (Lipinski definition) is 6. The summed E-state index contributed by atoms with van der Waals surface area (Å²) in [5, 5.41) is 2.88. The summed E-state index contributed by atoms with van der Waals surface area (Å²) in [4.78, 5) is 19.3. The molecule has 1 N–H and O–H groups in total. The van der Waals surface area contributed by atoms with Crippen LogP contribution < -0.4 is 15.0 Å². The number of nitrogens with one attached hydrogen (secondary N) is 1. The smallest absolute Gasteiger partial charge is 0.270 e. The third-order valence-electron chi connectivity index (χ3n) is 5.24. The molecule has 2 aliphatic rings. The third kappa shape index (κ3) is 5.32. The van der Waals surface area contributed by atoms with E-state index in [1.54, 1.807) is 13.2 Å². The largest absolute Gasteiger partial charge is 0.476 e. The summed E-state index contributed by atoms with van der Waals surface area (Å²) in [6.07, 6.45) is 2.56. The number of aromatic nitrogens is 1. The van der Waals surface area contributed by atoms with Gasteiger partial charge in [-0.3, -0.25) is 4.79 Å². The molecular weight excluding hydrogens is 365 g/mol. The molecule has 1 amide bonds. The fourth-order valence-electron chi connectivity index (χ4n) is 2.99. The Kier molecular flexibility index (Phi) is 7.07. The lowest BCUT2D eigenvalue weighted by atomic mass is 10.1. The van der Waals surface area contributed by atoms with Gasteiger partial charge in [0.2, 0.25) is 5.88 Å². The van der Waals surface area contributed by atoms with Crippen LogP contribution in [0.1, 0.15) is 37.2 Å². The molecule has 0 aromatic carbocycles. The fourth-order valence-corrected chi connectivity index (χ4v) is 2.99. The van der Waals surface area contributed by atoms with E-state index >= 15 is 0 Å². The van der Waals surface area contributed by atoms with Gasteiger partial charge in [-0.05, 0) is 36.8 Å². The highest BCUT2D eigenvalue weighted by Crippen LogP contribution is 2.34. The predicted octanol–water partition coefficient (Wildman–Crippen LogP) is 2.40. The van der Waals surface area contributed by atoms with Crippen molar-refractivity contribution in [1.29, 1.82) is 0 Å². The van der Waals surface area contributed by atoms with Crippen molar-refractivity contribution in [1.82, 2.24) is 10.3 Å². The van der Waals surface area contributed by atoms with Crippen LogP contribution in [0.5, 0.6) is 5.88 Å². The lowest BCUT2D eigenvalue weighted by molar-refractivity contribution is 0.0343. The zero-order valence-corrected chi connectivity index (χ0v) is 16.8. The zero-order valence-electron chi connectivity index (χ0n) is 16.8. The van der Waals surface area contributed by atoms with Crippen molar-refractivity contribution in [3.8, 4) is 5.88 Å². The minimum absolute atomic E-state index is 0.104. The molecule has 8 heteroatoms. The predicted molar refractivity (Wildman–Crippen MR) is 103 cm³/mol. The van der Waals surface area contributed by atoms with Crippen molar-refractivity contribution in [3.63, 3.8) is 0 Å². The molecule has 0 unspecified atom stereocenters. The number of anilines is 1. The molecule has 0 bridgehead atoms. The number of ether oxygens (including phenoxy) is 3. The van der Waals surface area contributed by atoms with E-state index in [0.29, 0.717) is 18.4 Å². The molecule has 1 aromatic rings. The second-order valence-electron chi connectivity index (χ2n) is 7.84. The highest BCUT2D eigenvalue weighted by Gasteiger charge is 2.31. The number of hydrogen-bond donors (Lipinski definition) is 1. The maximum Gasteiger partial charge on any atom is 0.270 e. The van der Waals surface area contributed by atoms with E-state index < -0.39 is 6.86 Å². The topological polar surface area (TPSA) is 72.9 Å². The number of halogens is 1. The Labute approximate surface area is 165 Å². The molecule has 2 heterocycles. The number of amides is 1. The monoisotopic (exact) mass is 395 g/mol. The molecule has 1 aromatic heterocycles. The summed E-state index contributed by atoms with van der Waals surface area (Å²) in [5.41, 5.74) is 1.16. The van der Waals surface area contributed by atoms with E-state index in [1.807, 2.05) is 19.9 Å². The van der Waals surface area contributed by atoms with Crippen LogP contribution in [0.25, 0.3) is 0 Å². The average Bonchev–Trinajstić information content (AvgIpc) is 3.47. The number of nitrogens with zero attached hydrogens (tertiary/aromatic N) is 2. The number of methoxy groups -OCH3 is 1. The lowest BCUT2D eigenvalue weighted by Crippen LogP contribution is -2.52. The van der Waals surface area contributed by atoms with Crippen LogP contribution in [0.4, 0.5) is 10.1 Å². The second-order valence-corrected chi connectivity index (χ2v) is 7.84. The number of carbonyl (C=O) groups excluding carboxylic acids is 1. The van der Waals surface area contributed by atoms with Crippen molar-refractivity contribution in [3.05, 3.63) is 17.8 Å². The normalized spacial score (nSPS) is 18.1. The Morgan fingerprint density at radius 3 is 2.71 bits per heavy atom. The summed E-state index contributed by atoms with van der Waals surface area (Å²) < 4.78 is 28.4. The van der Waals surface area contributed by atoms with E-state index in [9.17, 15) is 9.18 Å². The van der Waals surface area contributed by atoms with E-state index in [0.717, 1.165) is 18.8 Å². The van der Waals surface area contributed by atoms with Crippen LogP contribution >= 0.6 is 0 Å². The van der Waals surface area contributed by atoms with Crippen molar-refractivity contribution >= 4 is 11.6 Å². The van der Waals surface area contributed by atoms with E-state index in [-0.39, 0.29) is 36.3 Å². The molecule has 28 heavy (non-hydrogen) atoms. The molecule has 1 aliphatic carbocycles. The van der Waals surface area contributed by atoms with Gasteiger partial charge >= 0.3 is 0 Å². The van der Waals surface area contributed by atoms with Gasteiger partial charge in [0, 0.05) is 20.2 Å². The SMILES string of the molecule is COC1CN(c2ccc(C(=O)N[C@H](COCF)C(C)C)nc2OCC2CC2)C1. The summed E-state index contributed by atoms with van der Waals surface area (Å²) in [6.45, 7) is 5.32. The second kappa shape index (κ2) is 9.52. The van der Waals surface area contributed by atoms with E-state index in [4.69, 9.17) is 14.2 Å². The van der Waals surface area contributed by atoms with Gasteiger partial charge in [-0.1, -0.05) is 13.8 Å². The van der Waals surface area contributed by atoms with Crippen LogP contribution in [-0.2, 0) is 9.47 Å². The third-order valence-corrected chi connectivity index (χ3v) is 5.24. The van der Waals surface area contributed by atoms with Crippen molar-refractivity contribution in [2.45, 2.75) is 38.8 Å².